The number of nitrogens with one attached hydrogen (secondary N) is 1. The molecule has 6 heteroatoms. The molecule has 24 heavy (non-hydrogen) atoms. The van der Waals surface area contributed by atoms with Crippen LogP contribution in [0, 0.1) is 5.82 Å². The smallest absolute Gasteiger partial charge is 0.244 e. The summed E-state index contributed by atoms with van der Waals surface area (Å²) in [6.07, 6.45) is 0.126. The molecule has 1 aliphatic heterocycles. The molecular weight excluding hydrogens is 311 g/mol. The van der Waals surface area contributed by atoms with E-state index in [4.69, 9.17) is 4.74 Å². The van der Waals surface area contributed by atoms with Crippen LogP contribution in [0.1, 0.15) is 11.1 Å². The highest BCUT2D eigenvalue weighted by atomic mass is 19.1. The molecule has 0 atom stereocenters. The number of hydrogen-bond donors (Lipinski definition) is 1. The molecule has 0 unspecified atom stereocenters. The van der Waals surface area contributed by atoms with Crippen LogP contribution >= 0.6 is 0 Å². The first-order valence-electron chi connectivity index (χ1n) is 7.54. The van der Waals surface area contributed by atoms with Gasteiger partial charge < -0.3 is 15.0 Å². The van der Waals surface area contributed by atoms with E-state index in [-0.39, 0.29) is 24.6 Å². The second-order valence-corrected chi connectivity index (χ2v) is 5.59. The van der Waals surface area contributed by atoms with Gasteiger partial charge >= 0.3 is 0 Å². The van der Waals surface area contributed by atoms with Gasteiger partial charge in [0.25, 0.3) is 0 Å². The lowest BCUT2D eigenvalue weighted by Crippen LogP contribution is -2.43. The quantitative estimate of drug-likeness (QED) is 0.938. The summed E-state index contributed by atoms with van der Waals surface area (Å²) in [5, 5.41) is 2.48. The van der Waals surface area contributed by atoms with Crippen LogP contribution in [0.25, 0.3) is 0 Å². The molecule has 1 aliphatic rings. The number of anilines is 2. The molecule has 0 radical (unpaired) electrons. The number of methoxy groups -OCH3 is 1. The summed E-state index contributed by atoms with van der Waals surface area (Å²) >= 11 is 0. The Hall–Kier alpha value is -2.73. The Kier molecular flexibility index (Phi) is 4.57. The summed E-state index contributed by atoms with van der Waals surface area (Å²) in [6.45, 7) is 0.343. The third-order valence-electron chi connectivity index (χ3n) is 3.81. The number of fused-ring (bicyclic) bond motifs is 1. The summed E-state index contributed by atoms with van der Waals surface area (Å²) in [5.74, 6) is -1.22. The van der Waals surface area contributed by atoms with Gasteiger partial charge in [-0.25, -0.2) is 4.39 Å². The van der Waals surface area contributed by atoms with E-state index in [0.717, 1.165) is 11.1 Å². The maximum Gasteiger partial charge on any atom is 0.244 e. The van der Waals surface area contributed by atoms with Crippen molar-refractivity contribution < 1.29 is 18.7 Å². The second-order valence-electron chi connectivity index (χ2n) is 5.59. The standard InChI is InChI=1S/C18H17FN2O3/c1-24-11-13-5-2-4-12(8-13)9-17(23)21-10-16(22)20-18-14(19)6-3-7-15(18)21/h2-8H,9-11H2,1H3,(H,20,22). The molecule has 0 bridgehead atoms. The fourth-order valence-electron chi connectivity index (χ4n) is 2.76. The normalized spacial score (nSPS) is 13.4. The Labute approximate surface area is 139 Å². The van der Waals surface area contributed by atoms with E-state index in [1.807, 2.05) is 24.3 Å². The summed E-state index contributed by atoms with van der Waals surface area (Å²) in [7, 11) is 1.61. The van der Waals surface area contributed by atoms with Crippen molar-refractivity contribution >= 4 is 23.2 Å². The molecule has 0 spiro atoms. The molecule has 0 fully saturated rings. The average Bonchev–Trinajstić information content (AvgIpc) is 2.56. The summed E-state index contributed by atoms with van der Waals surface area (Å²) in [5.41, 5.74) is 2.21. The highest BCUT2D eigenvalue weighted by molar-refractivity contribution is 6.10. The first-order valence-corrected chi connectivity index (χ1v) is 7.54. The van der Waals surface area contributed by atoms with Crippen molar-refractivity contribution in [3.8, 4) is 0 Å². The van der Waals surface area contributed by atoms with E-state index in [9.17, 15) is 14.0 Å². The molecule has 1 heterocycles. The van der Waals surface area contributed by atoms with Crippen molar-refractivity contribution in [1.82, 2.24) is 0 Å². The number of carbonyl (C=O) groups is 2. The van der Waals surface area contributed by atoms with Crippen molar-refractivity contribution in [2.75, 3.05) is 23.9 Å². The zero-order valence-corrected chi connectivity index (χ0v) is 13.2. The first-order chi connectivity index (χ1) is 11.6. The summed E-state index contributed by atoms with van der Waals surface area (Å²) in [4.78, 5) is 25.8. The van der Waals surface area contributed by atoms with Crippen LogP contribution in [-0.4, -0.2) is 25.5 Å². The average molecular weight is 328 g/mol. The molecule has 2 aromatic rings. The van der Waals surface area contributed by atoms with Crippen LogP contribution in [0.15, 0.2) is 42.5 Å². The number of amides is 2. The third-order valence-corrected chi connectivity index (χ3v) is 3.81. The second kappa shape index (κ2) is 6.80. The zero-order chi connectivity index (χ0) is 17.1. The molecule has 0 aliphatic carbocycles. The number of carbonyl (C=O) groups excluding carboxylic acids is 2. The summed E-state index contributed by atoms with van der Waals surface area (Å²) in [6, 6.07) is 11.9. The van der Waals surface area contributed by atoms with Gasteiger partial charge in [0.15, 0.2) is 0 Å². The molecule has 0 saturated carbocycles. The Balaban J connectivity index is 1.84. The molecule has 0 aromatic heterocycles. The fourth-order valence-corrected chi connectivity index (χ4v) is 2.76. The Bertz CT molecular complexity index is 792. The molecule has 2 aromatic carbocycles. The van der Waals surface area contributed by atoms with Crippen molar-refractivity contribution in [1.29, 1.82) is 0 Å². The van der Waals surface area contributed by atoms with E-state index < -0.39 is 11.7 Å². The molecule has 124 valence electrons. The monoisotopic (exact) mass is 328 g/mol. The van der Waals surface area contributed by atoms with Gasteiger partial charge in [-0.3, -0.25) is 9.59 Å². The van der Waals surface area contributed by atoms with Gasteiger partial charge in [0.05, 0.1) is 18.7 Å². The van der Waals surface area contributed by atoms with Gasteiger partial charge in [-0.2, -0.15) is 0 Å². The molecule has 0 saturated heterocycles. The van der Waals surface area contributed by atoms with Gasteiger partial charge in [-0.05, 0) is 23.3 Å². The van der Waals surface area contributed by atoms with E-state index >= 15 is 0 Å². The number of rotatable bonds is 4. The minimum absolute atomic E-state index is 0.0511. The maximum absolute atomic E-state index is 13.9. The van der Waals surface area contributed by atoms with Gasteiger partial charge in [0.2, 0.25) is 11.8 Å². The highest BCUT2D eigenvalue weighted by Crippen LogP contribution is 2.32. The van der Waals surface area contributed by atoms with E-state index in [1.165, 1.54) is 17.0 Å². The SMILES string of the molecule is COCc1cccc(CC(=O)N2CC(=O)Nc3c(F)cccc32)c1. The number of ether oxygens (including phenoxy) is 1. The zero-order valence-electron chi connectivity index (χ0n) is 13.2. The topological polar surface area (TPSA) is 58.6 Å². The Morgan fingerprint density at radius 3 is 2.79 bits per heavy atom. The van der Waals surface area contributed by atoms with Crippen LogP contribution in [-0.2, 0) is 27.4 Å². The number of nitrogens with zero attached hydrogens (tertiary/aromatic N) is 1. The van der Waals surface area contributed by atoms with Crippen molar-refractivity contribution in [3.63, 3.8) is 0 Å². The van der Waals surface area contributed by atoms with Crippen LogP contribution in [0.4, 0.5) is 15.8 Å². The third kappa shape index (κ3) is 3.28. The Morgan fingerprint density at radius 2 is 2.00 bits per heavy atom. The van der Waals surface area contributed by atoms with E-state index in [1.54, 1.807) is 13.2 Å². The minimum atomic E-state index is -0.555. The lowest BCUT2D eigenvalue weighted by Gasteiger charge is -2.29. The fraction of sp³-hybridized carbons (Fsp3) is 0.222. The van der Waals surface area contributed by atoms with Gasteiger partial charge in [0, 0.05) is 7.11 Å². The van der Waals surface area contributed by atoms with Crippen LogP contribution in [0.3, 0.4) is 0 Å². The molecule has 3 rings (SSSR count). The largest absolute Gasteiger partial charge is 0.380 e. The lowest BCUT2D eigenvalue weighted by atomic mass is 10.1. The van der Waals surface area contributed by atoms with E-state index in [2.05, 4.69) is 5.32 Å². The first kappa shape index (κ1) is 16.1. The van der Waals surface area contributed by atoms with Crippen LogP contribution < -0.4 is 10.2 Å². The number of halogens is 1. The predicted molar refractivity (Wildman–Crippen MR) is 88.2 cm³/mol. The molecule has 1 N–H and O–H groups in total. The molecule has 2 amide bonds. The number of benzene rings is 2. The van der Waals surface area contributed by atoms with Gasteiger partial charge in [-0.15, -0.1) is 0 Å². The van der Waals surface area contributed by atoms with Gasteiger partial charge in [0.1, 0.15) is 18.0 Å². The lowest BCUT2D eigenvalue weighted by molar-refractivity contribution is -0.121. The predicted octanol–water partition coefficient (Wildman–Crippen LogP) is 2.50. The highest BCUT2D eigenvalue weighted by Gasteiger charge is 2.28. The molecular formula is C18H17FN2O3. The summed E-state index contributed by atoms with van der Waals surface area (Å²) < 4.78 is 19.0. The molecule has 5 nitrogen and oxygen atoms in total. The van der Waals surface area contributed by atoms with Gasteiger partial charge in [-0.1, -0.05) is 30.3 Å². The van der Waals surface area contributed by atoms with Crippen molar-refractivity contribution in [2.45, 2.75) is 13.0 Å². The van der Waals surface area contributed by atoms with Crippen LogP contribution in [0.2, 0.25) is 0 Å². The number of para-hydroxylation sites is 1. The van der Waals surface area contributed by atoms with Crippen molar-refractivity contribution in [2.24, 2.45) is 0 Å². The van der Waals surface area contributed by atoms with Crippen molar-refractivity contribution in [3.05, 3.63) is 59.4 Å². The number of hydrogen-bond acceptors (Lipinski definition) is 3. The van der Waals surface area contributed by atoms with E-state index in [0.29, 0.717) is 12.3 Å². The van der Waals surface area contributed by atoms with Crippen LogP contribution in [0.5, 0.6) is 0 Å². The maximum atomic E-state index is 13.9. The Morgan fingerprint density at radius 1 is 1.25 bits per heavy atom. The minimum Gasteiger partial charge on any atom is -0.380 e.